The first-order chi connectivity index (χ1) is 40.2. The van der Waals surface area contributed by atoms with E-state index in [1.54, 1.807) is 0 Å². The van der Waals surface area contributed by atoms with Crippen molar-refractivity contribution in [1.29, 1.82) is 0 Å². The van der Waals surface area contributed by atoms with Gasteiger partial charge >= 0.3 is 0 Å². The Morgan fingerprint density at radius 2 is 0.407 bits per heavy atom. The van der Waals surface area contributed by atoms with Crippen molar-refractivity contribution in [2.24, 2.45) is 0 Å². The maximum Gasteiger partial charge on any atom is 0.0355 e. The van der Waals surface area contributed by atoms with E-state index < -0.39 is 0 Å². The van der Waals surface area contributed by atoms with Gasteiger partial charge < -0.3 is 0 Å². The zero-order valence-electron chi connectivity index (χ0n) is 44.1. The molecule has 0 amide bonds. The first-order valence-corrected chi connectivity index (χ1v) is 28.9. The van der Waals surface area contributed by atoms with Crippen molar-refractivity contribution in [2.45, 2.75) is 0 Å². The van der Waals surface area contributed by atoms with Gasteiger partial charge in [0.25, 0.3) is 0 Å². The molecule has 17 rings (SSSR count). The number of benzene rings is 14. The smallest absolute Gasteiger partial charge is 0.0355 e. The summed E-state index contributed by atoms with van der Waals surface area (Å²) in [5.41, 5.74) is 29.9. The Morgan fingerprint density at radius 1 is 0.173 bits per heavy atom. The second-order valence-electron chi connectivity index (χ2n) is 21.6. The van der Waals surface area contributed by atoms with Crippen LogP contribution in [0.5, 0.6) is 0 Å². The van der Waals surface area contributed by atoms with Crippen LogP contribution in [0.15, 0.2) is 291 Å². The number of hydrogen-bond donors (Lipinski definition) is 0. The highest BCUT2D eigenvalue weighted by molar-refractivity contribution is 7.25. The SMILES string of the molecule is c1ccc(-c2c(-c3ccc4sc5ccc(-c6c(-c7ccccc7)c(-c7ccccc7)c7c(c6-c6ccccc6)-c6cccc8cccc-7c68)cc5c4c3)c(-c3ccccc3)c3c(c2-c2ccccc2)-c2cccc4cccc-3c24)cc1. The van der Waals surface area contributed by atoms with Crippen LogP contribution in [0.3, 0.4) is 0 Å². The van der Waals surface area contributed by atoms with Gasteiger partial charge in [-0.25, -0.2) is 0 Å². The molecule has 0 saturated heterocycles. The van der Waals surface area contributed by atoms with Crippen LogP contribution < -0.4 is 0 Å². The molecule has 2 aliphatic carbocycles. The van der Waals surface area contributed by atoms with Crippen LogP contribution >= 0.6 is 11.3 Å². The second kappa shape index (κ2) is 18.2. The predicted octanol–water partition coefficient (Wildman–Crippen LogP) is 23.0. The van der Waals surface area contributed by atoms with E-state index >= 15 is 0 Å². The molecule has 0 N–H and O–H groups in total. The molecule has 0 aliphatic heterocycles. The molecule has 81 heavy (non-hydrogen) atoms. The van der Waals surface area contributed by atoms with Gasteiger partial charge in [-0.2, -0.15) is 0 Å². The Kier molecular flexibility index (Phi) is 10.3. The molecule has 0 bridgehead atoms. The molecule has 2 aliphatic rings. The van der Waals surface area contributed by atoms with E-state index in [0.717, 1.165) is 0 Å². The molecule has 0 atom stereocenters. The fourth-order valence-electron chi connectivity index (χ4n) is 14.1. The molecular formula is C80H48S. The number of fused-ring (bicyclic) bond motifs is 9. The van der Waals surface area contributed by atoms with Gasteiger partial charge in [-0.3, -0.25) is 0 Å². The first-order valence-electron chi connectivity index (χ1n) is 28.1. The van der Waals surface area contributed by atoms with E-state index in [-0.39, 0.29) is 0 Å². The van der Waals surface area contributed by atoms with Crippen molar-refractivity contribution in [2.75, 3.05) is 0 Å². The minimum atomic E-state index is 1.19. The van der Waals surface area contributed by atoms with Crippen LogP contribution in [0.4, 0.5) is 0 Å². The highest BCUT2D eigenvalue weighted by Crippen LogP contribution is 2.63. The summed E-state index contributed by atoms with van der Waals surface area (Å²) >= 11 is 1.89. The number of rotatable bonds is 8. The van der Waals surface area contributed by atoms with Crippen LogP contribution in [-0.2, 0) is 0 Å². The normalized spacial score (nSPS) is 12.0. The van der Waals surface area contributed by atoms with Crippen LogP contribution in [0, 0.1) is 0 Å². The van der Waals surface area contributed by atoms with E-state index in [2.05, 4.69) is 291 Å². The van der Waals surface area contributed by atoms with E-state index in [9.17, 15) is 0 Å². The molecule has 0 nitrogen and oxygen atoms in total. The van der Waals surface area contributed by atoms with Crippen molar-refractivity contribution in [3.8, 4) is 134 Å². The van der Waals surface area contributed by atoms with Gasteiger partial charge in [0, 0.05) is 20.2 Å². The Labute approximate surface area is 474 Å². The lowest BCUT2D eigenvalue weighted by Gasteiger charge is -2.26. The van der Waals surface area contributed by atoms with E-state index in [1.807, 2.05) is 11.3 Å². The summed E-state index contributed by atoms with van der Waals surface area (Å²) in [6, 6.07) is 109. The van der Waals surface area contributed by atoms with Gasteiger partial charge in [0.05, 0.1) is 0 Å². The standard InChI is InChI=1S/C80H48S/c1-7-23-51(24-8-1)69-71(53-27-11-3-12-28-53)77-59-39-19-35-49-37-21-41-61(67(49)59)79(77)73(55-31-15-5-16-32-55)75(69)57-43-45-65-63(47-57)64-48-58(44-46-66(64)81-65)76-70(52-25-9-2-10-26-52)72(54-29-13-4-14-30-54)78-60-40-20-36-50-38-22-42-62(68(50)60)80(78)74(76)56-33-17-6-18-34-56/h1-48H. The Hall–Kier alpha value is -10.2. The Morgan fingerprint density at radius 3 is 0.667 bits per heavy atom. The third kappa shape index (κ3) is 6.89. The minimum absolute atomic E-state index is 1.19. The van der Waals surface area contributed by atoms with Crippen molar-refractivity contribution < 1.29 is 0 Å². The van der Waals surface area contributed by atoms with Gasteiger partial charge in [-0.1, -0.05) is 267 Å². The Bertz CT molecular complexity index is 4710. The molecule has 14 aromatic carbocycles. The lowest BCUT2D eigenvalue weighted by Crippen LogP contribution is -1.99. The highest BCUT2D eigenvalue weighted by Gasteiger charge is 2.36. The van der Waals surface area contributed by atoms with Crippen molar-refractivity contribution in [1.82, 2.24) is 0 Å². The Balaban J connectivity index is 1.01. The number of hydrogen-bond acceptors (Lipinski definition) is 1. The van der Waals surface area contributed by atoms with Crippen LogP contribution in [0.2, 0.25) is 0 Å². The topological polar surface area (TPSA) is 0 Å². The van der Waals surface area contributed by atoms with Crippen LogP contribution in [-0.4, -0.2) is 0 Å². The molecule has 0 spiro atoms. The third-order valence-corrected chi connectivity index (χ3v) is 18.5. The summed E-state index contributed by atoms with van der Waals surface area (Å²) < 4.78 is 2.53. The van der Waals surface area contributed by atoms with Crippen molar-refractivity contribution >= 4 is 53.1 Å². The van der Waals surface area contributed by atoms with Crippen molar-refractivity contribution in [3.63, 3.8) is 0 Å². The summed E-state index contributed by atoms with van der Waals surface area (Å²) in [5.74, 6) is 0. The summed E-state index contributed by atoms with van der Waals surface area (Å²) in [6.45, 7) is 0. The largest absolute Gasteiger partial charge is 0.135 e. The minimum Gasteiger partial charge on any atom is -0.135 e. The van der Waals surface area contributed by atoms with E-state index in [4.69, 9.17) is 0 Å². The average Bonchev–Trinajstić information content (AvgIpc) is 2.65. The predicted molar refractivity (Wildman–Crippen MR) is 347 cm³/mol. The van der Waals surface area contributed by atoms with Crippen LogP contribution in [0.1, 0.15) is 0 Å². The highest BCUT2D eigenvalue weighted by atomic mass is 32.1. The number of thiophene rings is 1. The molecular weight excluding hydrogens is 993 g/mol. The quantitative estimate of drug-likeness (QED) is 0.142. The average molecular weight is 1040 g/mol. The molecule has 0 fully saturated rings. The van der Waals surface area contributed by atoms with Crippen molar-refractivity contribution in [3.05, 3.63) is 291 Å². The fraction of sp³-hybridized carbons (Fsp3) is 0. The summed E-state index contributed by atoms with van der Waals surface area (Å²) in [7, 11) is 0. The van der Waals surface area contributed by atoms with Crippen LogP contribution in [0.25, 0.3) is 175 Å². The lowest BCUT2D eigenvalue weighted by atomic mass is 9.76. The van der Waals surface area contributed by atoms with Gasteiger partial charge in [0.1, 0.15) is 0 Å². The van der Waals surface area contributed by atoms with Gasteiger partial charge in [-0.15, -0.1) is 11.3 Å². The summed E-state index contributed by atoms with van der Waals surface area (Å²) in [5, 5.41) is 7.66. The summed E-state index contributed by atoms with van der Waals surface area (Å²) in [6.07, 6.45) is 0. The summed E-state index contributed by atoms with van der Waals surface area (Å²) in [4.78, 5) is 0. The molecule has 1 aromatic heterocycles. The van der Waals surface area contributed by atoms with E-state index in [1.165, 1.54) is 175 Å². The molecule has 1 heterocycles. The zero-order valence-corrected chi connectivity index (χ0v) is 44.9. The molecule has 374 valence electrons. The fourth-order valence-corrected chi connectivity index (χ4v) is 15.2. The maximum atomic E-state index is 2.53. The van der Waals surface area contributed by atoms with Gasteiger partial charge in [-0.05, 0) is 179 Å². The zero-order chi connectivity index (χ0) is 53.1. The van der Waals surface area contributed by atoms with E-state index in [0.29, 0.717) is 0 Å². The van der Waals surface area contributed by atoms with Gasteiger partial charge in [0.2, 0.25) is 0 Å². The molecule has 0 radical (unpaired) electrons. The molecule has 0 saturated carbocycles. The third-order valence-electron chi connectivity index (χ3n) is 17.3. The first kappa shape index (κ1) is 45.8. The van der Waals surface area contributed by atoms with Gasteiger partial charge in [0.15, 0.2) is 0 Å². The molecule has 1 heteroatoms. The second-order valence-corrected chi connectivity index (χ2v) is 22.7. The maximum absolute atomic E-state index is 2.53. The molecule has 15 aromatic rings. The lowest BCUT2D eigenvalue weighted by molar-refractivity contribution is 1.55. The monoisotopic (exact) mass is 1040 g/mol. The molecule has 0 unspecified atom stereocenters.